The highest BCUT2D eigenvalue weighted by atomic mass is 32.1. The molecule has 1 amide bonds. The van der Waals surface area contributed by atoms with Crippen LogP contribution in [0.15, 0.2) is 21.4 Å². The van der Waals surface area contributed by atoms with Gasteiger partial charge in [-0.25, -0.2) is 4.98 Å². The van der Waals surface area contributed by atoms with Gasteiger partial charge in [0.05, 0.1) is 16.8 Å². The van der Waals surface area contributed by atoms with Crippen LogP contribution in [0, 0.1) is 19.8 Å². The molecule has 5 heterocycles. The van der Waals surface area contributed by atoms with Crippen molar-refractivity contribution in [2.45, 2.75) is 39.3 Å². The van der Waals surface area contributed by atoms with Gasteiger partial charge in [-0.15, -0.1) is 11.3 Å². The minimum atomic E-state index is 0.134. The Morgan fingerprint density at radius 2 is 2.21 bits per heavy atom. The minimum Gasteiger partial charge on any atom is -0.466 e. The van der Waals surface area contributed by atoms with Crippen LogP contribution >= 0.6 is 11.3 Å². The monoisotopic (exact) mass is 345 g/mol. The fourth-order valence-corrected chi connectivity index (χ4v) is 4.65. The molecule has 3 aliphatic rings. The first kappa shape index (κ1) is 15.8. The summed E-state index contributed by atoms with van der Waals surface area (Å²) in [5.74, 6) is 2.23. The van der Waals surface area contributed by atoms with Gasteiger partial charge >= 0.3 is 0 Å². The van der Waals surface area contributed by atoms with Gasteiger partial charge in [-0.3, -0.25) is 9.69 Å². The second-order valence-corrected chi connectivity index (χ2v) is 7.77. The van der Waals surface area contributed by atoms with Crippen LogP contribution in [-0.4, -0.2) is 46.4 Å². The molecule has 0 aromatic carbocycles. The Labute approximate surface area is 146 Å². The minimum absolute atomic E-state index is 0.134. The summed E-state index contributed by atoms with van der Waals surface area (Å²) in [6, 6.07) is 2.17. The van der Waals surface area contributed by atoms with Gasteiger partial charge in [0.2, 0.25) is 0 Å². The number of aromatic nitrogens is 1. The van der Waals surface area contributed by atoms with Crippen LogP contribution in [-0.2, 0) is 6.54 Å². The van der Waals surface area contributed by atoms with Crippen molar-refractivity contribution in [3.63, 3.8) is 0 Å². The summed E-state index contributed by atoms with van der Waals surface area (Å²) in [5, 5.41) is 2.12. The van der Waals surface area contributed by atoms with Gasteiger partial charge in [0.25, 0.3) is 5.91 Å². The van der Waals surface area contributed by atoms with E-state index in [0.29, 0.717) is 12.0 Å². The quantitative estimate of drug-likeness (QED) is 0.858. The van der Waals surface area contributed by atoms with E-state index in [9.17, 15) is 4.79 Å². The summed E-state index contributed by atoms with van der Waals surface area (Å²) in [5.41, 5.74) is 3.76. The first-order valence-electron chi connectivity index (χ1n) is 8.57. The summed E-state index contributed by atoms with van der Waals surface area (Å²) in [6.07, 6.45) is 2.31. The van der Waals surface area contributed by atoms with Crippen molar-refractivity contribution < 1.29 is 9.21 Å². The maximum atomic E-state index is 13.0. The smallest absolute Gasteiger partial charge is 0.257 e. The van der Waals surface area contributed by atoms with E-state index in [1.54, 1.807) is 11.3 Å². The van der Waals surface area contributed by atoms with Crippen LogP contribution in [0.3, 0.4) is 0 Å². The van der Waals surface area contributed by atoms with Crippen molar-refractivity contribution in [1.82, 2.24) is 14.8 Å². The first-order chi connectivity index (χ1) is 11.6. The van der Waals surface area contributed by atoms with E-state index >= 15 is 0 Å². The molecule has 128 valence electrons. The van der Waals surface area contributed by atoms with E-state index in [4.69, 9.17) is 4.42 Å². The lowest BCUT2D eigenvalue weighted by molar-refractivity contribution is 0.0583. The lowest BCUT2D eigenvalue weighted by Gasteiger charge is -2.36. The maximum Gasteiger partial charge on any atom is 0.257 e. The van der Waals surface area contributed by atoms with E-state index in [1.165, 1.54) is 6.42 Å². The molecule has 0 spiro atoms. The Kier molecular flexibility index (Phi) is 4.18. The van der Waals surface area contributed by atoms with Crippen LogP contribution in [0.25, 0.3) is 0 Å². The number of furan rings is 1. The van der Waals surface area contributed by atoms with Gasteiger partial charge < -0.3 is 9.32 Å². The first-order valence-corrected chi connectivity index (χ1v) is 9.52. The Balaban J connectivity index is 1.52. The number of fused-ring (bicyclic) bond motifs is 4. The zero-order valence-electron chi connectivity index (χ0n) is 14.2. The van der Waals surface area contributed by atoms with Crippen molar-refractivity contribution in [3.05, 3.63) is 39.7 Å². The predicted octanol–water partition coefficient (Wildman–Crippen LogP) is 3.09. The molecular weight excluding hydrogens is 322 g/mol. The van der Waals surface area contributed by atoms with Crippen LogP contribution in [0.4, 0.5) is 0 Å². The Morgan fingerprint density at radius 3 is 2.92 bits per heavy atom. The van der Waals surface area contributed by atoms with Gasteiger partial charge in [-0.2, -0.15) is 0 Å². The highest BCUT2D eigenvalue weighted by Crippen LogP contribution is 2.30. The molecule has 24 heavy (non-hydrogen) atoms. The number of hydrogen-bond acceptors (Lipinski definition) is 5. The number of aryl methyl sites for hydroxylation is 2. The number of hydrogen-bond donors (Lipinski definition) is 0. The largest absolute Gasteiger partial charge is 0.466 e. The van der Waals surface area contributed by atoms with Gasteiger partial charge in [0, 0.05) is 37.6 Å². The number of carbonyl (C=O) groups excluding carboxylic acids is 1. The van der Waals surface area contributed by atoms with Crippen LogP contribution in [0.1, 0.15) is 40.4 Å². The molecule has 0 saturated carbocycles. The average molecular weight is 345 g/mol. The number of thiazole rings is 1. The molecule has 0 N–H and O–H groups in total. The van der Waals surface area contributed by atoms with Crippen LogP contribution in [0.2, 0.25) is 0 Å². The van der Waals surface area contributed by atoms with E-state index in [1.807, 2.05) is 25.4 Å². The average Bonchev–Trinajstić information content (AvgIpc) is 3.07. The predicted molar refractivity (Wildman–Crippen MR) is 93.1 cm³/mol. The molecule has 6 heteroatoms. The molecule has 3 saturated heterocycles. The molecule has 3 aliphatic heterocycles. The van der Waals surface area contributed by atoms with Gasteiger partial charge in [0.1, 0.15) is 11.5 Å². The molecule has 5 nitrogen and oxygen atoms in total. The molecule has 0 aliphatic carbocycles. The van der Waals surface area contributed by atoms with Crippen molar-refractivity contribution >= 4 is 17.2 Å². The number of carbonyl (C=O) groups is 1. The standard InChI is InChI=1S/C18H23N3O2S/c1-12-5-17(13(2)23-12)18(22)21-7-14-3-4-16(21)9-20(6-14)8-15-10-24-11-19-15/h5,10-11,14,16H,3-4,6-9H2,1-2H3/t14-,16+/m1/s1. The number of amides is 1. The molecule has 2 aromatic rings. The fourth-order valence-electron chi connectivity index (χ4n) is 4.10. The van der Waals surface area contributed by atoms with Crippen molar-refractivity contribution in [3.8, 4) is 0 Å². The topological polar surface area (TPSA) is 49.6 Å². The Morgan fingerprint density at radius 1 is 1.33 bits per heavy atom. The summed E-state index contributed by atoms with van der Waals surface area (Å²) in [4.78, 5) is 22.0. The molecule has 5 rings (SSSR count). The number of rotatable bonds is 3. The fraction of sp³-hybridized carbons (Fsp3) is 0.556. The molecule has 0 radical (unpaired) electrons. The van der Waals surface area contributed by atoms with Gasteiger partial charge in [-0.1, -0.05) is 0 Å². The SMILES string of the molecule is Cc1cc(C(=O)N2C[C@@H]3CC[C@H]2CN(Cc2cscn2)C3)c(C)o1. The zero-order valence-corrected chi connectivity index (χ0v) is 15.0. The van der Waals surface area contributed by atoms with Crippen LogP contribution in [0.5, 0.6) is 0 Å². The van der Waals surface area contributed by atoms with Crippen LogP contribution < -0.4 is 0 Å². The number of nitrogens with zero attached hydrogens (tertiary/aromatic N) is 3. The Hall–Kier alpha value is -1.66. The molecule has 0 unspecified atom stereocenters. The summed E-state index contributed by atoms with van der Waals surface area (Å²) < 4.78 is 5.56. The highest BCUT2D eigenvalue weighted by molar-refractivity contribution is 7.07. The van der Waals surface area contributed by atoms with Gasteiger partial charge in [0.15, 0.2) is 0 Å². The van der Waals surface area contributed by atoms with E-state index < -0.39 is 0 Å². The van der Waals surface area contributed by atoms with Gasteiger partial charge in [-0.05, 0) is 38.7 Å². The van der Waals surface area contributed by atoms with E-state index in [0.717, 1.165) is 55.4 Å². The highest BCUT2D eigenvalue weighted by Gasteiger charge is 2.38. The third kappa shape index (κ3) is 3.00. The maximum absolute atomic E-state index is 13.0. The van der Waals surface area contributed by atoms with Crippen molar-refractivity contribution in [1.29, 1.82) is 0 Å². The van der Waals surface area contributed by atoms with Crippen molar-refractivity contribution in [2.24, 2.45) is 5.92 Å². The third-order valence-electron chi connectivity index (χ3n) is 5.19. The molecule has 2 bridgehead atoms. The van der Waals surface area contributed by atoms with E-state index in [-0.39, 0.29) is 5.91 Å². The molecule has 2 atom stereocenters. The molecular formula is C18H23N3O2S. The second-order valence-electron chi connectivity index (χ2n) is 7.06. The summed E-state index contributed by atoms with van der Waals surface area (Å²) >= 11 is 1.64. The Bertz CT molecular complexity index is 725. The lowest BCUT2D eigenvalue weighted by atomic mass is 9.94. The molecule has 3 fully saturated rings. The van der Waals surface area contributed by atoms with Crippen molar-refractivity contribution in [2.75, 3.05) is 19.6 Å². The summed E-state index contributed by atoms with van der Waals surface area (Å²) in [6.45, 7) is 7.53. The number of piperidine rings is 1. The normalized spacial score (nSPS) is 24.3. The summed E-state index contributed by atoms with van der Waals surface area (Å²) in [7, 11) is 0. The third-order valence-corrected chi connectivity index (χ3v) is 5.83. The second kappa shape index (κ2) is 6.33. The van der Waals surface area contributed by atoms with E-state index in [2.05, 4.69) is 20.2 Å². The molecule has 2 aromatic heterocycles. The zero-order chi connectivity index (χ0) is 16.7. The lowest BCUT2D eigenvalue weighted by Crippen LogP contribution is -2.47.